The van der Waals surface area contributed by atoms with Crippen molar-refractivity contribution in [3.8, 4) is 11.4 Å². The van der Waals surface area contributed by atoms with Crippen molar-refractivity contribution in [2.45, 2.75) is 95.8 Å². The van der Waals surface area contributed by atoms with Gasteiger partial charge in [-0.1, -0.05) is 20.3 Å². The van der Waals surface area contributed by atoms with Crippen molar-refractivity contribution < 1.29 is 9.53 Å². The minimum Gasteiger partial charge on any atom is -0.372 e. The lowest BCUT2D eigenvalue weighted by molar-refractivity contribution is -0.00587. The van der Waals surface area contributed by atoms with Gasteiger partial charge in [0.1, 0.15) is 16.4 Å². The fourth-order valence-corrected chi connectivity index (χ4v) is 7.26. The molecular weight excluding hydrogens is 498 g/mol. The molecule has 1 aliphatic heterocycles. The molecule has 0 spiro atoms. The summed E-state index contributed by atoms with van der Waals surface area (Å²) in [6.07, 6.45) is 11.8. The lowest BCUT2D eigenvalue weighted by Gasteiger charge is -2.38. The number of likely N-dealkylation sites (tertiary alicyclic amines) is 1. The van der Waals surface area contributed by atoms with E-state index in [2.05, 4.69) is 38.9 Å². The van der Waals surface area contributed by atoms with Crippen molar-refractivity contribution in [3.63, 3.8) is 0 Å². The van der Waals surface area contributed by atoms with E-state index in [-0.39, 0.29) is 23.6 Å². The van der Waals surface area contributed by atoms with Crippen LogP contribution in [0.4, 0.5) is 5.95 Å². The van der Waals surface area contributed by atoms with Crippen molar-refractivity contribution in [1.29, 1.82) is 0 Å². The standard InChI is InChI=1S/C28H37N7O2S/c1-28(2)13-17-14-30-27(29)32-24(17)26-23(28)25(33-34-26)21(36)12-22-31-18(16-38-22)15-37-20-8-6-19(7-9-20)35-10-4-3-5-11-35/h14,16,19-20H,3-13,15H2,1-2H3,(H,33,34)(H2,29,30,32). The number of piperidine rings is 1. The largest absolute Gasteiger partial charge is 0.372 e. The number of thiazole rings is 1. The Balaban J connectivity index is 1.06. The number of ketones is 1. The lowest BCUT2D eigenvalue weighted by Crippen LogP contribution is -2.42. The molecule has 0 radical (unpaired) electrons. The number of nitrogens with one attached hydrogen (secondary N) is 1. The number of carbonyl (C=O) groups excluding carboxylic acids is 1. The quantitative estimate of drug-likeness (QED) is 0.425. The summed E-state index contributed by atoms with van der Waals surface area (Å²) in [6.45, 7) is 7.29. The van der Waals surface area contributed by atoms with E-state index in [4.69, 9.17) is 15.5 Å². The third kappa shape index (κ3) is 5.13. The summed E-state index contributed by atoms with van der Waals surface area (Å²) in [5.41, 5.74) is 10.3. The van der Waals surface area contributed by atoms with Crippen LogP contribution in [0, 0.1) is 0 Å². The Bertz CT molecular complexity index is 1300. The summed E-state index contributed by atoms with van der Waals surface area (Å²) >= 11 is 1.52. The van der Waals surface area contributed by atoms with Gasteiger partial charge < -0.3 is 15.4 Å². The smallest absolute Gasteiger partial charge is 0.220 e. The molecule has 3 aromatic heterocycles. The number of nitrogens with zero attached hydrogens (tertiary/aromatic N) is 5. The van der Waals surface area contributed by atoms with E-state index in [1.54, 1.807) is 6.20 Å². The molecule has 2 aliphatic carbocycles. The van der Waals surface area contributed by atoms with Gasteiger partial charge in [0.05, 0.1) is 30.5 Å². The maximum absolute atomic E-state index is 13.4. The maximum atomic E-state index is 13.4. The van der Waals surface area contributed by atoms with Gasteiger partial charge in [0, 0.05) is 23.2 Å². The number of nitrogens with two attached hydrogens (primary N) is 1. The highest BCUT2D eigenvalue weighted by Crippen LogP contribution is 2.43. The van der Waals surface area contributed by atoms with E-state index in [0.29, 0.717) is 36.2 Å². The van der Waals surface area contributed by atoms with Crippen LogP contribution >= 0.6 is 11.3 Å². The number of Topliss-reactive ketones (excluding diaryl/α,β-unsaturated/α-hetero) is 1. The van der Waals surface area contributed by atoms with Crippen molar-refractivity contribution in [3.05, 3.63) is 39.1 Å². The number of aromatic nitrogens is 5. The molecule has 1 saturated heterocycles. The fourth-order valence-electron chi connectivity index (χ4n) is 6.48. The van der Waals surface area contributed by atoms with E-state index >= 15 is 0 Å². The molecule has 0 atom stereocenters. The number of hydrogen-bond acceptors (Lipinski definition) is 9. The van der Waals surface area contributed by atoms with E-state index in [1.807, 2.05) is 5.38 Å². The van der Waals surface area contributed by atoms with Crippen LogP contribution in [-0.4, -0.2) is 61.1 Å². The van der Waals surface area contributed by atoms with Crippen LogP contribution in [0.15, 0.2) is 11.6 Å². The average molecular weight is 536 g/mol. The molecule has 0 aromatic carbocycles. The van der Waals surface area contributed by atoms with E-state index in [9.17, 15) is 4.79 Å². The summed E-state index contributed by atoms with van der Waals surface area (Å²) in [6, 6.07) is 0.739. The van der Waals surface area contributed by atoms with E-state index < -0.39 is 0 Å². The Labute approximate surface area is 227 Å². The number of anilines is 1. The van der Waals surface area contributed by atoms with Crippen molar-refractivity contribution in [2.75, 3.05) is 18.8 Å². The Hall–Kier alpha value is -2.69. The van der Waals surface area contributed by atoms with Crippen molar-refractivity contribution >= 4 is 23.1 Å². The van der Waals surface area contributed by atoms with Gasteiger partial charge in [-0.05, 0) is 69.0 Å². The van der Waals surface area contributed by atoms with Crippen molar-refractivity contribution in [2.24, 2.45) is 0 Å². The molecule has 3 aromatic rings. The van der Waals surface area contributed by atoms with Gasteiger partial charge in [0.25, 0.3) is 0 Å². The van der Waals surface area contributed by atoms with Crippen molar-refractivity contribution in [1.82, 2.24) is 30.0 Å². The normalized spacial score (nSPS) is 23.1. The Morgan fingerprint density at radius 1 is 1.16 bits per heavy atom. The molecule has 38 heavy (non-hydrogen) atoms. The molecule has 0 bridgehead atoms. The molecule has 3 aliphatic rings. The van der Waals surface area contributed by atoms with Gasteiger partial charge in [-0.2, -0.15) is 5.10 Å². The second-order valence-corrected chi connectivity index (χ2v) is 12.6. The molecule has 4 heterocycles. The summed E-state index contributed by atoms with van der Waals surface area (Å²) in [4.78, 5) is 29.4. The van der Waals surface area contributed by atoms with Crippen LogP contribution in [-0.2, 0) is 29.6 Å². The number of ether oxygens (including phenoxy) is 1. The predicted molar refractivity (Wildman–Crippen MR) is 147 cm³/mol. The number of fused-ring (bicyclic) bond motifs is 3. The second kappa shape index (κ2) is 10.5. The third-order valence-electron chi connectivity index (χ3n) is 8.39. The first-order valence-electron chi connectivity index (χ1n) is 13.9. The Kier molecular flexibility index (Phi) is 7.05. The van der Waals surface area contributed by atoms with Gasteiger partial charge in [0.2, 0.25) is 5.95 Å². The SMILES string of the molecule is CC1(C)Cc2cnc(N)nc2-c2n[nH]c(C(=O)Cc3nc(COC4CCC(N5CCCCC5)CC4)cs3)c21. The van der Waals surface area contributed by atoms with Gasteiger partial charge in [-0.15, -0.1) is 11.3 Å². The number of carbonyl (C=O) groups is 1. The summed E-state index contributed by atoms with van der Waals surface area (Å²) in [5.74, 6) is 0.188. The molecule has 0 amide bonds. The number of aromatic amines is 1. The van der Waals surface area contributed by atoms with Crippen LogP contribution in [0.3, 0.4) is 0 Å². The highest BCUT2D eigenvalue weighted by Gasteiger charge is 2.38. The molecule has 3 N–H and O–H groups in total. The molecule has 6 rings (SSSR count). The van der Waals surface area contributed by atoms with Crippen LogP contribution < -0.4 is 5.73 Å². The Morgan fingerprint density at radius 3 is 2.74 bits per heavy atom. The van der Waals surface area contributed by atoms with Crippen LogP contribution in [0.2, 0.25) is 0 Å². The van der Waals surface area contributed by atoms with Gasteiger partial charge in [0.15, 0.2) is 5.78 Å². The topological polar surface area (TPSA) is 123 Å². The fraction of sp³-hybridized carbons (Fsp3) is 0.607. The molecular formula is C28H37N7O2S. The first-order chi connectivity index (χ1) is 18.4. The molecule has 202 valence electrons. The first kappa shape index (κ1) is 25.6. The summed E-state index contributed by atoms with van der Waals surface area (Å²) < 4.78 is 6.24. The minimum atomic E-state index is -0.283. The zero-order chi connectivity index (χ0) is 26.3. The number of H-pyrrole nitrogens is 1. The second-order valence-electron chi connectivity index (χ2n) is 11.7. The van der Waals surface area contributed by atoms with E-state index in [1.165, 1.54) is 56.5 Å². The Morgan fingerprint density at radius 2 is 1.95 bits per heavy atom. The summed E-state index contributed by atoms with van der Waals surface area (Å²) in [5, 5.41) is 10.3. The van der Waals surface area contributed by atoms with Crippen LogP contribution in [0.1, 0.15) is 91.1 Å². The molecule has 2 fully saturated rings. The zero-order valence-corrected chi connectivity index (χ0v) is 23.1. The van der Waals surface area contributed by atoms with E-state index in [0.717, 1.165) is 40.7 Å². The molecule has 10 heteroatoms. The lowest BCUT2D eigenvalue weighted by atomic mass is 9.73. The number of hydrogen-bond donors (Lipinski definition) is 2. The van der Waals surface area contributed by atoms with Gasteiger partial charge >= 0.3 is 0 Å². The highest BCUT2D eigenvalue weighted by atomic mass is 32.1. The summed E-state index contributed by atoms with van der Waals surface area (Å²) in [7, 11) is 0. The van der Waals surface area contributed by atoms with Gasteiger partial charge in [-0.25, -0.2) is 15.0 Å². The average Bonchev–Trinajstić information content (AvgIpc) is 3.57. The molecule has 9 nitrogen and oxygen atoms in total. The third-order valence-corrected chi connectivity index (χ3v) is 9.29. The molecule has 0 unspecified atom stereocenters. The van der Waals surface area contributed by atoms with Crippen LogP contribution in [0.5, 0.6) is 0 Å². The highest BCUT2D eigenvalue weighted by molar-refractivity contribution is 7.09. The first-order valence-corrected chi connectivity index (χ1v) is 14.8. The van der Waals surface area contributed by atoms with Gasteiger partial charge in [-0.3, -0.25) is 9.89 Å². The monoisotopic (exact) mass is 535 g/mol. The number of nitrogen functional groups attached to an aromatic ring is 1. The number of rotatable bonds is 7. The zero-order valence-electron chi connectivity index (χ0n) is 22.3. The van der Waals surface area contributed by atoms with Crippen LogP contribution in [0.25, 0.3) is 11.4 Å². The minimum absolute atomic E-state index is 0.0184. The molecule has 1 saturated carbocycles. The maximum Gasteiger partial charge on any atom is 0.220 e. The predicted octanol–water partition coefficient (Wildman–Crippen LogP) is 4.48.